The molecular formula is C16H26O2. The normalized spacial score (nSPS) is 12.4. The van der Waals surface area contributed by atoms with Gasteiger partial charge in [0.2, 0.25) is 0 Å². The molecule has 2 nitrogen and oxygen atoms in total. The Morgan fingerprint density at radius 1 is 1.17 bits per heavy atom. The van der Waals surface area contributed by atoms with Gasteiger partial charge in [-0.3, -0.25) is 0 Å². The highest BCUT2D eigenvalue weighted by Gasteiger charge is 2.13. The molecule has 102 valence electrons. The van der Waals surface area contributed by atoms with Crippen molar-refractivity contribution in [2.75, 3.05) is 6.61 Å². The molecule has 0 aromatic heterocycles. The van der Waals surface area contributed by atoms with Crippen molar-refractivity contribution in [3.8, 4) is 5.75 Å². The van der Waals surface area contributed by atoms with Crippen LogP contribution in [0.3, 0.4) is 0 Å². The number of benzene rings is 1. The maximum Gasteiger partial charge on any atom is 0.125 e. The zero-order valence-corrected chi connectivity index (χ0v) is 11.9. The molecule has 0 radical (unpaired) electrons. The lowest BCUT2D eigenvalue weighted by Gasteiger charge is -2.16. The van der Waals surface area contributed by atoms with E-state index in [2.05, 4.69) is 6.92 Å². The van der Waals surface area contributed by atoms with Crippen molar-refractivity contribution in [2.45, 2.75) is 59.0 Å². The Labute approximate surface area is 111 Å². The van der Waals surface area contributed by atoms with Crippen LogP contribution in [0.15, 0.2) is 18.2 Å². The third kappa shape index (κ3) is 4.69. The molecule has 0 fully saturated rings. The smallest absolute Gasteiger partial charge is 0.125 e. The van der Waals surface area contributed by atoms with Crippen molar-refractivity contribution in [1.82, 2.24) is 0 Å². The number of aliphatic hydroxyl groups is 1. The minimum absolute atomic E-state index is 0.400. The third-order valence-electron chi connectivity index (χ3n) is 3.16. The standard InChI is InChI=1S/C16H26O2/c1-4-6-7-8-9-15(17)14-12-13(3)10-11-16(14)18-5-2/h10-12,15,17H,4-9H2,1-3H3. The quantitative estimate of drug-likeness (QED) is 0.693. The van der Waals surface area contributed by atoms with Crippen molar-refractivity contribution in [1.29, 1.82) is 0 Å². The first-order valence-electron chi connectivity index (χ1n) is 7.10. The van der Waals surface area contributed by atoms with Crippen LogP contribution in [-0.2, 0) is 0 Å². The van der Waals surface area contributed by atoms with E-state index in [-0.39, 0.29) is 0 Å². The van der Waals surface area contributed by atoms with Gasteiger partial charge >= 0.3 is 0 Å². The van der Waals surface area contributed by atoms with E-state index in [0.29, 0.717) is 6.61 Å². The second kappa shape index (κ2) is 8.15. The molecule has 18 heavy (non-hydrogen) atoms. The van der Waals surface area contributed by atoms with E-state index in [0.717, 1.165) is 24.2 Å². The summed E-state index contributed by atoms with van der Waals surface area (Å²) in [6.45, 7) is 6.85. The van der Waals surface area contributed by atoms with Gasteiger partial charge in [0.1, 0.15) is 5.75 Å². The van der Waals surface area contributed by atoms with Crippen LogP contribution in [0.1, 0.15) is 63.2 Å². The minimum Gasteiger partial charge on any atom is -0.493 e. The lowest BCUT2D eigenvalue weighted by atomic mass is 10.00. The van der Waals surface area contributed by atoms with E-state index in [1.54, 1.807) is 0 Å². The highest BCUT2D eigenvalue weighted by molar-refractivity contribution is 5.38. The Balaban J connectivity index is 2.64. The molecule has 2 heteroatoms. The molecule has 0 heterocycles. The number of unbranched alkanes of at least 4 members (excludes halogenated alkanes) is 3. The maximum absolute atomic E-state index is 10.3. The van der Waals surface area contributed by atoms with Crippen LogP contribution in [0.2, 0.25) is 0 Å². The van der Waals surface area contributed by atoms with Gasteiger partial charge in [0.15, 0.2) is 0 Å². The van der Waals surface area contributed by atoms with E-state index in [9.17, 15) is 5.11 Å². The van der Waals surface area contributed by atoms with Crippen LogP contribution in [-0.4, -0.2) is 11.7 Å². The number of hydrogen-bond acceptors (Lipinski definition) is 2. The number of rotatable bonds is 8. The first-order valence-corrected chi connectivity index (χ1v) is 7.10. The second-order valence-corrected chi connectivity index (χ2v) is 4.84. The van der Waals surface area contributed by atoms with Gasteiger partial charge in [-0.15, -0.1) is 0 Å². The maximum atomic E-state index is 10.3. The van der Waals surface area contributed by atoms with Crippen LogP contribution in [0.25, 0.3) is 0 Å². The van der Waals surface area contributed by atoms with Gasteiger partial charge in [0.25, 0.3) is 0 Å². The van der Waals surface area contributed by atoms with Crippen LogP contribution >= 0.6 is 0 Å². The first kappa shape index (κ1) is 15.0. The van der Waals surface area contributed by atoms with Crippen LogP contribution in [0.4, 0.5) is 0 Å². The van der Waals surface area contributed by atoms with Gasteiger partial charge in [-0.25, -0.2) is 0 Å². The van der Waals surface area contributed by atoms with E-state index in [1.807, 2.05) is 32.0 Å². The molecule has 0 spiro atoms. The summed E-state index contributed by atoms with van der Waals surface area (Å²) >= 11 is 0. The average molecular weight is 250 g/mol. The van der Waals surface area contributed by atoms with Gasteiger partial charge in [0.05, 0.1) is 12.7 Å². The summed E-state index contributed by atoms with van der Waals surface area (Å²) in [5, 5.41) is 10.3. The van der Waals surface area contributed by atoms with E-state index >= 15 is 0 Å². The first-order chi connectivity index (χ1) is 8.69. The molecule has 0 saturated heterocycles. The summed E-state index contributed by atoms with van der Waals surface area (Å²) in [5.74, 6) is 0.825. The van der Waals surface area contributed by atoms with Gasteiger partial charge in [-0.2, -0.15) is 0 Å². The molecular weight excluding hydrogens is 224 g/mol. The number of aliphatic hydroxyl groups excluding tert-OH is 1. The topological polar surface area (TPSA) is 29.5 Å². The molecule has 0 amide bonds. The predicted octanol–water partition coefficient (Wildman–Crippen LogP) is 4.40. The Hall–Kier alpha value is -1.02. The van der Waals surface area contributed by atoms with Crippen LogP contribution in [0, 0.1) is 6.92 Å². The van der Waals surface area contributed by atoms with Crippen molar-refractivity contribution < 1.29 is 9.84 Å². The van der Waals surface area contributed by atoms with Gasteiger partial charge in [0, 0.05) is 5.56 Å². The summed E-state index contributed by atoms with van der Waals surface area (Å²) in [6, 6.07) is 6.03. The van der Waals surface area contributed by atoms with E-state index in [1.165, 1.54) is 24.8 Å². The van der Waals surface area contributed by atoms with Gasteiger partial charge in [-0.05, 0) is 32.4 Å². The second-order valence-electron chi connectivity index (χ2n) is 4.84. The van der Waals surface area contributed by atoms with E-state index in [4.69, 9.17) is 4.74 Å². The molecule has 1 aromatic rings. The lowest BCUT2D eigenvalue weighted by molar-refractivity contribution is 0.158. The molecule has 1 N–H and O–H groups in total. The monoisotopic (exact) mass is 250 g/mol. The van der Waals surface area contributed by atoms with Crippen LogP contribution < -0.4 is 4.74 Å². The number of hydrogen-bond donors (Lipinski definition) is 1. The summed E-state index contributed by atoms with van der Waals surface area (Å²) in [4.78, 5) is 0. The summed E-state index contributed by atoms with van der Waals surface area (Å²) in [7, 11) is 0. The van der Waals surface area contributed by atoms with Crippen molar-refractivity contribution in [2.24, 2.45) is 0 Å². The number of aryl methyl sites for hydroxylation is 1. The van der Waals surface area contributed by atoms with E-state index < -0.39 is 6.10 Å². The van der Waals surface area contributed by atoms with Crippen LogP contribution in [0.5, 0.6) is 5.75 Å². The SMILES string of the molecule is CCCCCCC(O)c1cc(C)ccc1OCC. The largest absolute Gasteiger partial charge is 0.493 e. The third-order valence-corrected chi connectivity index (χ3v) is 3.16. The van der Waals surface area contributed by atoms with Gasteiger partial charge in [-0.1, -0.05) is 44.2 Å². The molecule has 0 aliphatic heterocycles. The summed E-state index contributed by atoms with van der Waals surface area (Å²) in [5.41, 5.74) is 2.11. The minimum atomic E-state index is -0.400. The zero-order chi connectivity index (χ0) is 13.4. The average Bonchev–Trinajstić information content (AvgIpc) is 2.37. The molecule has 0 aliphatic carbocycles. The fraction of sp³-hybridized carbons (Fsp3) is 0.625. The Morgan fingerprint density at radius 2 is 1.94 bits per heavy atom. The van der Waals surface area contributed by atoms with Crippen molar-refractivity contribution in [3.05, 3.63) is 29.3 Å². The zero-order valence-electron chi connectivity index (χ0n) is 11.9. The van der Waals surface area contributed by atoms with Crippen molar-refractivity contribution in [3.63, 3.8) is 0 Å². The van der Waals surface area contributed by atoms with Crippen molar-refractivity contribution >= 4 is 0 Å². The predicted molar refractivity (Wildman–Crippen MR) is 76.1 cm³/mol. The Bertz CT molecular complexity index is 347. The fourth-order valence-corrected chi connectivity index (χ4v) is 2.14. The lowest BCUT2D eigenvalue weighted by Crippen LogP contribution is -2.03. The molecule has 1 rings (SSSR count). The molecule has 0 saturated carbocycles. The molecule has 1 unspecified atom stereocenters. The highest BCUT2D eigenvalue weighted by Crippen LogP contribution is 2.29. The molecule has 1 atom stereocenters. The summed E-state index contributed by atoms with van der Waals surface area (Å²) in [6.07, 6.45) is 5.17. The Morgan fingerprint density at radius 3 is 2.61 bits per heavy atom. The Kier molecular flexibility index (Phi) is 6.81. The summed E-state index contributed by atoms with van der Waals surface area (Å²) < 4.78 is 5.58. The highest BCUT2D eigenvalue weighted by atomic mass is 16.5. The molecule has 1 aromatic carbocycles. The number of ether oxygens (including phenoxy) is 1. The van der Waals surface area contributed by atoms with Gasteiger partial charge < -0.3 is 9.84 Å². The fourth-order valence-electron chi connectivity index (χ4n) is 2.14. The molecule has 0 bridgehead atoms. The molecule has 0 aliphatic rings.